The molecule has 0 saturated carbocycles. The zero-order chi connectivity index (χ0) is 24.1. The van der Waals surface area contributed by atoms with Gasteiger partial charge in [0.1, 0.15) is 0 Å². The molecule has 36 heavy (non-hydrogen) atoms. The molecule has 0 N–H and O–H groups in total. The molecule has 0 spiro atoms. The number of hydrogen-bond acceptors (Lipinski definition) is 0. The van der Waals surface area contributed by atoms with Crippen molar-refractivity contribution in [2.75, 3.05) is 0 Å². The number of rotatable bonds is 3. The van der Waals surface area contributed by atoms with Crippen molar-refractivity contribution in [2.45, 2.75) is 5.41 Å². The minimum atomic E-state index is -0.400. The molecule has 0 aromatic heterocycles. The fraction of sp³-hybridized carbons (Fsp3) is 0.0286. The van der Waals surface area contributed by atoms with Crippen molar-refractivity contribution in [2.24, 2.45) is 0 Å². The number of halogens is 1. The van der Waals surface area contributed by atoms with Crippen LogP contribution in [0.25, 0.3) is 33.0 Å². The van der Waals surface area contributed by atoms with E-state index >= 15 is 0 Å². The van der Waals surface area contributed by atoms with E-state index in [4.69, 9.17) is 0 Å². The topological polar surface area (TPSA) is 0 Å². The van der Waals surface area contributed by atoms with E-state index in [0.29, 0.717) is 0 Å². The first-order chi connectivity index (χ1) is 17.8. The van der Waals surface area contributed by atoms with Crippen LogP contribution in [0.1, 0.15) is 22.3 Å². The van der Waals surface area contributed by atoms with Gasteiger partial charge in [0.25, 0.3) is 0 Å². The Morgan fingerprint density at radius 2 is 1.06 bits per heavy atom. The lowest BCUT2D eigenvalue weighted by Crippen LogP contribution is -2.28. The van der Waals surface area contributed by atoms with Crippen LogP contribution < -0.4 is 0 Å². The van der Waals surface area contributed by atoms with Crippen LogP contribution in [0.4, 0.5) is 0 Å². The van der Waals surface area contributed by atoms with E-state index in [1.807, 2.05) is 0 Å². The average Bonchev–Trinajstić information content (AvgIpc) is 3.24. The van der Waals surface area contributed by atoms with Crippen LogP contribution in [0.3, 0.4) is 0 Å². The van der Waals surface area contributed by atoms with Gasteiger partial charge in [-0.1, -0.05) is 137 Å². The van der Waals surface area contributed by atoms with Gasteiger partial charge in [0.2, 0.25) is 0 Å². The van der Waals surface area contributed by atoms with Crippen LogP contribution in [0.2, 0.25) is 0 Å². The van der Waals surface area contributed by atoms with Crippen molar-refractivity contribution < 1.29 is 0 Å². The van der Waals surface area contributed by atoms with E-state index in [-0.39, 0.29) is 0 Å². The van der Waals surface area contributed by atoms with E-state index in [0.717, 1.165) is 4.47 Å². The highest BCUT2D eigenvalue weighted by Crippen LogP contribution is 2.59. The van der Waals surface area contributed by atoms with E-state index in [1.165, 1.54) is 55.3 Å². The van der Waals surface area contributed by atoms with Crippen LogP contribution in [-0.4, -0.2) is 0 Å². The maximum absolute atomic E-state index is 3.64. The summed E-state index contributed by atoms with van der Waals surface area (Å²) >= 11 is 3.64. The molecule has 1 heteroatoms. The van der Waals surface area contributed by atoms with Gasteiger partial charge in [-0.05, 0) is 73.5 Å². The SMILES string of the molecule is Brc1ccc(-c2c3c(cc4ccccc24)C(c2ccccc2)(c2ccccc2)c2ccccc2-3)cc1. The molecule has 0 atom stereocenters. The molecule has 7 rings (SSSR count). The van der Waals surface area contributed by atoms with Crippen molar-refractivity contribution in [1.29, 1.82) is 0 Å². The Morgan fingerprint density at radius 3 is 1.75 bits per heavy atom. The molecule has 0 fully saturated rings. The molecule has 6 aromatic carbocycles. The van der Waals surface area contributed by atoms with Crippen molar-refractivity contribution in [3.63, 3.8) is 0 Å². The Hall–Kier alpha value is -3.94. The summed E-state index contributed by atoms with van der Waals surface area (Å²) in [5.74, 6) is 0. The molecule has 1 aliphatic rings. The normalized spacial score (nSPS) is 13.4. The van der Waals surface area contributed by atoms with Crippen LogP contribution in [0, 0.1) is 0 Å². The van der Waals surface area contributed by atoms with Gasteiger partial charge < -0.3 is 0 Å². The molecular formula is C35H23Br. The molecule has 0 nitrogen and oxygen atoms in total. The average molecular weight is 523 g/mol. The van der Waals surface area contributed by atoms with E-state index in [1.54, 1.807) is 0 Å². The molecule has 0 unspecified atom stereocenters. The number of fused-ring (bicyclic) bond motifs is 4. The molecule has 6 aromatic rings. The van der Waals surface area contributed by atoms with Gasteiger partial charge in [0.15, 0.2) is 0 Å². The highest BCUT2D eigenvalue weighted by molar-refractivity contribution is 9.10. The molecule has 0 radical (unpaired) electrons. The zero-order valence-corrected chi connectivity index (χ0v) is 21.2. The summed E-state index contributed by atoms with van der Waals surface area (Å²) in [5.41, 5.74) is 10.0. The fourth-order valence-corrected chi connectivity index (χ4v) is 6.44. The fourth-order valence-electron chi connectivity index (χ4n) is 6.18. The first-order valence-electron chi connectivity index (χ1n) is 12.3. The third kappa shape index (κ3) is 3.00. The van der Waals surface area contributed by atoms with Crippen LogP contribution >= 0.6 is 15.9 Å². The second-order valence-electron chi connectivity index (χ2n) is 9.43. The molecule has 0 aliphatic heterocycles. The third-order valence-electron chi connectivity index (χ3n) is 7.60. The Morgan fingerprint density at radius 1 is 0.472 bits per heavy atom. The summed E-state index contributed by atoms with van der Waals surface area (Å²) in [6.45, 7) is 0. The highest BCUT2D eigenvalue weighted by atomic mass is 79.9. The first-order valence-corrected chi connectivity index (χ1v) is 13.1. The largest absolute Gasteiger partial charge is 0.0714 e. The summed E-state index contributed by atoms with van der Waals surface area (Å²) < 4.78 is 1.09. The van der Waals surface area contributed by atoms with Crippen LogP contribution in [0.15, 0.2) is 144 Å². The van der Waals surface area contributed by atoms with Crippen molar-refractivity contribution in [1.82, 2.24) is 0 Å². The minimum Gasteiger partial charge on any atom is -0.0622 e. The summed E-state index contributed by atoms with van der Waals surface area (Å²) in [7, 11) is 0. The van der Waals surface area contributed by atoms with E-state index in [9.17, 15) is 0 Å². The lowest BCUT2D eigenvalue weighted by atomic mass is 9.67. The standard InChI is InChI=1S/C35H23Br/c36-28-21-19-24(20-22-28)33-29-16-8-7-11-25(29)23-32-34(33)30-17-9-10-18-31(30)35(32,26-12-3-1-4-13-26)27-14-5-2-6-15-27/h1-23H. The highest BCUT2D eigenvalue weighted by Gasteiger charge is 2.47. The maximum Gasteiger partial charge on any atom is 0.0714 e. The van der Waals surface area contributed by atoms with Gasteiger partial charge in [0, 0.05) is 4.47 Å². The predicted molar refractivity (Wildman–Crippen MR) is 154 cm³/mol. The number of hydrogen-bond donors (Lipinski definition) is 0. The van der Waals surface area contributed by atoms with Gasteiger partial charge in [-0.3, -0.25) is 0 Å². The predicted octanol–water partition coefficient (Wildman–Crippen LogP) is 9.63. The molecule has 0 heterocycles. The Kier molecular flexibility index (Phi) is 4.94. The van der Waals surface area contributed by atoms with Gasteiger partial charge in [0.05, 0.1) is 5.41 Å². The monoisotopic (exact) mass is 522 g/mol. The quantitative estimate of drug-likeness (QED) is 0.216. The van der Waals surface area contributed by atoms with Gasteiger partial charge in [-0.15, -0.1) is 0 Å². The molecule has 0 saturated heterocycles. The lowest BCUT2D eigenvalue weighted by Gasteiger charge is -2.34. The van der Waals surface area contributed by atoms with E-state index in [2.05, 4.69) is 155 Å². The van der Waals surface area contributed by atoms with Crippen molar-refractivity contribution >= 4 is 26.7 Å². The van der Waals surface area contributed by atoms with Crippen molar-refractivity contribution in [3.8, 4) is 22.3 Å². The molecule has 170 valence electrons. The molecule has 0 bridgehead atoms. The Bertz CT molecular complexity index is 1680. The number of benzene rings is 6. The molecule has 1 aliphatic carbocycles. The van der Waals surface area contributed by atoms with Gasteiger partial charge in [-0.2, -0.15) is 0 Å². The second-order valence-corrected chi connectivity index (χ2v) is 10.3. The Balaban J connectivity index is 1.72. The summed E-state index contributed by atoms with van der Waals surface area (Å²) in [5, 5.41) is 2.54. The third-order valence-corrected chi connectivity index (χ3v) is 8.13. The van der Waals surface area contributed by atoms with Gasteiger partial charge in [-0.25, -0.2) is 0 Å². The zero-order valence-electron chi connectivity index (χ0n) is 19.7. The van der Waals surface area contributed by atoms with Crippen LogP contribution in [-0.2, 0) is 5.41 Å². The summed E-state index contributed by atoms with van der Waals surface area (Å²) in [6.07, 6.45) is 0. The molecular weight excluding hydrogens is 500 g/mol. The Labute approximate surface area is 220 Å². The smallest absolute Gasteiger partial charge is 0.0622 e. The summed E-state index contributed by atoms with van der Waals surface area (Å²) in [6, 6.07) is 51.0. The van der Waals surface area contributed by atoms with Crippen LogP contribution in [0.5, 0.6) is 0 Å². The lowest BCUT2D eigenvalue weighted by molar-refractivity contribution is 0.769. The summed E-state index contributed by atoms with van der Waals surface area (Å²) in [4.78, 5) is 0. The van der Waals surface area contributed by atoms with Gasteiger partial charge >= 0.3 is 0 Å². The molecule has 0 amide bonds. The van der Waals surface area contributed by atoms with Crippen molar-refractivity contribution in [3.05, 3.63) is 166 Å². The maximum atomic E-state index is 3.64. The minimum absolute atomic E-state index is 0.400. The first kappa shape index (κ1) is 21.4. The van der Waals surface area contributed by atoms with E-state index < -0.39 is 5.41 Å². The second kappa shape index (κ2) is 8.33.